The zero-order valence-corrected chi connectivity index (χ0v) is 11.2. The van der Waals surface area contributed by atoms with Crippen molar-refractivity contribution in [1.29, 1.82) is 0 Å². The Labute approximate surface area is 119 Å². The third kappa shape index (κ3) is 2.37. The van der Waals surface area contributed by atoms with Gasteiger partial charge in [0.25, 0.3) is 5.82 Å². The molecule has 0 aromatic carbocycles. The molecule has 0 aliphatic carbocycles. The average molecular weight is 316 g/mol. The fourth-order valence-corrected chi connectivity index (χ4v) is 2.27. The predicted octanol–water partition coefficient (Wildman–Crippen LogP) is 0.908. The van der Waals surface area contributed by atoms with Crippen LogP contribution in [0.2, 0.25) is 0 Å². The molecule has 3 aromatic rings. The van der Waals surface area contributed by atoms with Crippen LogP contribution in [-0.4, -0.2) is 34.7 Å². The average Bonchev–Trinajstić information content (AvgIpc) is 2.96. The number of alkyl halides is 3. The number of nitrogen functional groups attached to an aromatic ring is 1. The maximum absolute atomic E-state index is 12.8. The second kappa shape index (κ2) is 4.58. The topological polar surface area (TPSA) is 99.8 Å². The number of rotatable bonds is 2. The highest BCUT2D eigenvalue weighted by Crippen LogP contribution is 2.29. The van der Waals surface area contributed by atoms with Crippen molar-refractivity contribution in [3.05, 3.63) is 23.8 Å². The standard InChI is InChI=1S/C9H7F3N8S/c1-4-14-17-8(19(4)13)21-6-3-2-5-15-16-7(9(10,11)12)20(5)18-6/h2-3H,13H2,1H3. The van der Waals surface area contributed by atoms with Gasteiger partial charge >= 0.3 is 6.18 Å². The van der Waals surface area contributed by atoms with E-state index < -0.39 is 12.0 Å². The van der Waals surface area contributed by atoms with E-state index in [0.717, 1.165) is 11.8 Å². The van der Waals surface area contributed by atoms with Crippen molar-refractivity contribution in [2.75, 3.05) is 5.84 Å². The van der Waals surface area contributed by atoms with Gasteiger partial charge in [0.05, 0.1) is 0 Å². The van der Waals surface area contributed by atoms with Gasteiger partial charge < -0.3 is 5.84 Å². The molecule has 2 N–H and O–H groups in total. The summed E-state index contributed by atoms with van der Waals surface area (Å²) in [5.74, 6) is 4.96. The highest BCUT2D eigenvalue weighted by Gasteiger charge is 2.37. The molecule has 0 aliphatic rings. The highest BCUT2D eigenvalue weighted by molar-refractivity contribution is 7.99. The molecule has 21 heavy (non-hydrogen) atoms. The number of aromatic nitrogens is 7. The Hall–Kier alpha value is -2.37. The predicted molar refractivity (Wildman–Crippen MR) is 64.8 cm³/mol. The minimum absolute atomic E-state index is 0.00271. The zero-order chi connectivity index (χ0) is 15.2. The lowest BCUT2D eigenvalue weighted by atomic mass is 10.5. The molecule has 0 saturated carbocycles. The minimum atomic E-state index is -4.64. The Morgan fingerprint density at radius 3 is 2.52 bits per heavy atom. The van der Waals surface area contributed by atoms with Crippen LogP contribution in [-0.2, 0) is 6.18 Å². The monoisotopic (exact) mass is 316 g/mol. The van der Waals surface area contributed by atoms with E-state index in [4.69, 9.17) is 5.84 Å². The number of fused-ring (bicyclic) bond motifs is 1. The zero-order valence-electron chi connectivity index (χ0n) is 10.4. The van der Waals surface area contributed by atoms with Crippen LogP contribution in [0.1, 0.15) is 11.6 Å². The van der Waals surface area contributed by atoms with E-state index in [2.05, 4.69) is 25.5 Å². The van der Waals surface area contributed by atoms with Crippen LogP contribution in [0.5, 0.6) is 0 Å². The van der Waals surface area contributed by atoms with Crippen molar-refractivity contribution in [2.24, 2.45) is 0 Å². The van der Waals surface area contributed by atoms with E-state index in [-0.39, 0.29) is 10.7 Å². The van der Waals surface area contributed by atoms with Gasteiger partial charge in [0.15, 0.2) is 5.65 Å². The summed E-state index contributed by atoms with van der Waals surface area (Å²) in [6.07, 6.45) is -4.64. The fraction of sp³-hybridized carbons (Fsp3) is 0.222. The SMILES string of the molecule is Cc1nnc(Sc2ccc3nnc(C(F)(F)F)n3n2)n1N. The number of nitrogens with zero attached hydrogens (tertiary/aromatic N) is 7. The number of halogens is 3. The van der Waals surface area contributed by atoms with Gasteiger partial charge in [0, 0.05) is 0 Å². The first-order valence-electron chi connectivity index (χ1n) is 5.51. The summed E-state index contributed by atoms with van der Waals surface area (Å²) in [6, 6.07) is 2.88. The van der Waals surface area contributed by atoms with Crippen molar-refractivity contribution in [1.82, 2.24) is 34.7 Å². The molecule has 3 rings (SSSR count). The Morgan fingerprint density at radius 2 is 1.90 bits per heavy atom. The lowest BCUT2D eigenvalue weighted by molar-refractivity contribution is -0.146. The number of hydrogen-bond donors (Lipinski definition) is 1. The largest absolute Gasteiger partial charge is 0.453 e. The van der Waals surface area contributed by atoms with Crippen LogP contribution >= 0.6 is 11.8 Å². The maximum Gasteiger partial charge on any atom is 0.453 e. The van der Waals surface area contributed by atoms with Gasteiger partial charge in [-0.15, -0.1) is 20.4 Å². The minimum Gasteiger partial charge on any atom is -0.336 e. The molecule has 8 nitrogen and oxygen atoms in total. The molecular weight excluding hydrogens is 309 g/mol. The second-order valence-electron chi connectivity index (χ2n) is 3.96. The van der Waals surface area contributed by atoms with Crippen LogP contribution in [0.25, 0.3) is 5.65 Å². The van der Waals surface area contributed by atoms with Gasteiger partial charge in [0.2, 0.25) is 5.16 Å². The number of aryl methyl sites for hydroxylation is 1. The van der Waals surface area contributed by atoms with Gasteiger partial charge in [0.1, 0.15) is 10.9 Å². The van der Waals surface area contributed by atoms with E-state index in [1.807, 2.05) is 0 Å². The second-order valence-corrected chi connectivity index (χ2v) is 4.95. The number of nitrogens with two attached hydrogens (primary N) is 1. The molecule has 0 bridgehead atoms. The van der Waals surface area contributed by atoms with Gasteiger partial charge in [-0.1, -0.05) is 0 Å². The van der Waals surface area contributed by atoms with Crippen molar-refractivity contribution in [2.45, 2.75) is 23.3 Å². The third-order valence-electron chi connectivity index (χ3n) is 2.52. The van der Waals surface area contributed by atoms with Crippen LogP contribution in [0.3, 0.4) is 0 Å². The first-order valence-corrected chi connectivity index (χ1v) is 6.32. The third-order valence-corrected chi connectivity index (χ3v) is 3.41. The van der Waals surface area contributed by atoms with E-state index in [0.29, 0.717) is 15.5 Å². The van der Waals surface area contributed by atoms with E-state index in [1.165, 1.54) is 16.8 Å². The van der Waals surface area contributed by atoms with Crippen LogP contribution < -0.4 is 5.84 Å². The van der Waals surface area contributed by atoms with E-state index in [1.54, 1.807) is 6.92 Å². The molecule has 0 spiro atoms. The first kappa shape index (κ1) is 13.6. The van der Waals surface area contributed by atoms with Crippen molar-refractivity contribution >= 4 is 17.4 Å². The van der Waals surface area contributed by atoms with E-state index >= 15 is 0 Å². The van der Waals surface area contributed by atoms with Crippen molar-refractivity contribution < 1.29 is 13.2 Å². The lowest BCUT2D eigenvalue weighted by Gasteiger charge is -2.04. The normalized spacial score (nSPS) is 12.2. The summed E-state index contributed by atoms with van der Waals surface area (Å²) in [5.41, 5.74) is -0.00271. The molecule has 0 atom stereocenters. The highest BCUT2D eigenvalue weighted by atomic mass is 32.2. The maximum atomic E-state index is 12.8. The molecule has 0 aliphatic heterocycles. The molecule has 0 fully saturated rings. The molecule has 0 radical (unpaired) electrons. The molecule has 3 aromatic heterocycles. The van der Waals surface area contributed by atoms with Gasteiger partial charge in [-0.25, -0.2) is 4.68 Å². The Morgan fingerprint density at radius 1 is 1.14 bits per heavy atom. The Kier molecular flexibility index (Phi) is 2.97. The summed E-state index contributed by atoms with van der Waals surface area (Å²) in [4.78, 5) is 0. The van der Waals surface area contributed by atoms with Gasteiger partial charge in [-0.3, -0.25) is 0 Å². The van der Waals surface area contributed by atoms with Crippen molar-refractivity contribution in [3.8, 4) is 0 Å². The van der Waals surface area contributed by atoms with E-state index in [9.17, 15) is 13.2 Å². The summed E-state index contributed by atoms with van der Waals surface area (Å²) in [7, 11) is 0. The Balaban J connectivity index is 2.02. The summed E-state index contributed by atoms with van der Waals surface area (Å²) in [5, 5.41) is 18.5. The first-order chi connectivity index (χ1) is 9.86. The molecular formula is C9H7F3N8S. The van der Waals surface area contributed by atoms with Crippen LogP contribution in [0.4, 0.5) is 13.2 Å². The summed E-state index contributed by atoms with van der Waals surface area (Å²) < 4.78 is 40.1. The summed E-state index contributed by atoms with van der Waals surface area (Å²) >= 11 is 0.982. The molecule has 12 heteroatoms. The van der Waals surface area contributed by atoms with Gasteiger partial charge in [-0.05, 0) is 30.8 Å². The fourth-order valence-electron chi connectivity index (χ4n) is 1.52. The number of hydrogen-bond acceptors (Lipinski definition) is 7. The lowest BCUT2D eigenvalue weighted by Crippen LogP contribution is -2.13. The Bertz CT molecular complexity index is 807. The van der Waals surface area contributed by atoms with Crippen molar-refractivity contribution in [3.63, 3.8) is 0 Å². The molecule has 0 unspecified atom stereocenters. The summed E-state index contributed by atoms with van der Waals surface area (Å²) in [6.45, 7) is 1.65. The molecule has 0 amide bonds. The molecule has 110 valence electrons. The molecule has 0 saturated heterocycles. The van der Waals surface area contributed by atoms with Gasteiger partial charge in [-0.2, -0.15) is 22.8 Å². The van der Waals surface area contributed by atoms with Crippen LogP contribution in [0, 0.1) is 6.92 Å². The quantitative estimate of drug-likeness (QED) is 0.701. The smallest absolute Gasteiger partial charge is 0.336 e. The molecule has 3 heterocycles. The van der Waals surface area contributed by atoms with Crippen LogP contribution in [0.15, 0.2) is 22.3 Å².